The molecule has 0 saturated carbocycles. The number of nitrogens with zero attached hydrogens (tertiary/aromatic N) is 1. The zero-order chi connectivity index (χ0) is 26.2. The minimum atomic E-state index is -0.657. The molecular weight excluding hydrogens is 476 g/mol. The third-order valence-electron chi connectivity index (χ3n) is 5.70. The standard InChI is InChI=1S/C28H28N2O7/c1-3-35-22-12-8-20(9-13-22)29-26(31)18-36-28(33)19-16-27(32)30(17-19)21-10-14-23(15-11-21)37-25-7-5-4-6-24(25)34-2/h4-15,19H,3,16-18H2,1-2H3,(H,29,31)/t19-/m1/s1. The molecule has 1 atom stereocenters. The molecular formula is C28H28N2O7. The van der Waals surface area contributed by atoms with Crippen LogP contribution in [0.1, 0.15) is 13.3 Å². The summed E-state index contributed by atoms with van der Waals surface area (Å²) in [6.07, 6.45) is 0.0127. The van der Waals surface area contributed by atoms with Crippen molar-refractivity contribution >= 4 is 29.2 Å². The third kappa shape index (κ3) is 6.58. The Morgan fingerprint density at radius 3 is 2.30 bits per heavy atom. The number of hydrogen-bond acceptors (Lipinski definition) is 7. The highest BCUT2D eigenvalue weighted by Gasteiger charge is 2.36. The van der Waals surface area contributed by atoms with Crippen LogP contribution in [0.5, 0.6) is 23.0 Å². The maximum absolute atomic E-state index is 12.6. The molecule has 0 unspecified atom stereocenters. The van der Waals surface area contributed by atoms with Crippen LogP contribution in [0.15, 0.2) is 72.8 Å². The molecule has 1 fully saturated rings. The fourth-order valence-electron chi connectivity index (χ4n) is 3.89. The van der Waals surface area contributed by atoms with E-state index < -0.39 is 24.4 Å². The van der Waals surface area contributed by atoms with Gasteiger partial charge in [-0.3, -0.25) is 14.4 Å². The van der Waals surface area contributed by atoms with Gasteiger partial charge in [0.15, 0.2) is 18.1 Å². The fourth-order valence-corrected chi connectivity index (χ4v) is 3.89. The zero-order valence-corrected chi connectivity index (χ0v) is 20.6. The Labute approximate surface area is 214 Å². The van der Waals surface area contributed by atoms with Crippen molar-refractivity contribution in [1.29, 1.82) is 0 Å². The van der Waals surface area contributed by atoms with Gasteiger partial charge in [0.1, 0.15) is 11.5 Å². The van der Waals surface area contributed by atoms with Crippen LogP contribution in [-0.2, 0) is 19.1 Å². The first kappa shape index (κ1) is 25.6. The topological polar surface area (TPSA) is 103 Å². The van der Waals surface area contributed by atoms with Gasteiger partial charge >= 0.3 is 5.97 Å². The van der Waals surface area contributed by atoms with E-state index >= 15 is 0 Å². The lowest BCUT2D eigenvalue weighted by molar-refractivity contribution is -0.151. The Morgan fingerprint density at radius 2 is 1.62 bits per heavy atom. The molecule has 0 spiro atoms. The van der Waals surface area contributed by atoms with Crippen LogP contribution in [0.25, 0.3) is 0 Å². The van der Waals surface area contributed by atoms with Crippen molar-refractivity contribution in [3.8, 4) is 23.0 Å². The first-order valence-corrected chi connectivity index (χ1v) is 11.9. The van der Waals surface area contributed by atoms with Crippen molar-refractivity contribution in [2.45, 2.75) is 13.3 Å². The van der Waals surface area contributed by atoms with Crippen LogP contribution in [0.2, 0.25) is 0 Å². The zero-order valence-electron chi connectivity index (χ0n) is 20.6. The maximum Gasteiger partial charge on any atom is 0.311 e. The predicted octanol–water partition coefficient (Wildman–Crippen LogP) is 4.42. The molecule has 0 radical (unpaired) electrons. The SMILES string of the molecule is CCOc1ccc(NC(=O)COC(=O)[C@@H]2CC(=O)N(c3ccc(Oc4ccccc4OC)cc3)C2)cc1. The van der Waals surface area contributed by atoms with E-state index in [4.69, 9.17) is 18.9 Å². The average Bonchev–Trinajstić information content (AvgIpc) is 3.31. The summed E-state index contributed by atoms with van der Waals surface area (Å²) >= 11 is 0. The Kier molecular flexibility index (Phi) is 8.25. The monoisotopic (exact) mass is 504 g/mol. The number of hydrogen-bond donors (Lipinski definition) is 1. The molecule has 4 rings (SSSR count). The number of methoxy groups -OCH3 is 1. The summed E-state index contributed by atoms with van der Waals surface area (Å²) in [5, 5.41) is 2.66. The second-order valence-electron chi connectivity index (χ2n) is 8.27. The van der Waals surface area contributed by atoms with Gasteiger partial charge in [-0.1, -0.05) is 12.1 Å². The summed E-state index contributed by atoms with van der Waals surface area (Å²) in [7, 11) is 1.57. The smallest absolute Gasteiger partial charge is 0.311 e. The molecule has 192 valence electrons. The van der Waals surface area contributed by atoms with E-state index in [0.29, 0.717) is 41.0 Å². The Balaban J connectivity index is 1.28. The van der Waals surface area contributed by atoms with Crippen molar-refractivity contribution in [2.24, 2.45) is 5.92 Å². The van der Waals surface area contributed by atoms with Crippen molar-refractivity contribution in [2.75, 3.05) is 37.1 Å². The summed E-state index contributed by atoms with van der Waals surface area (Å²) in [5.74, 6) is 0.545. The highest BCUT2D eigenvalue weighted by molar-refractivity contribution is 6.00. The average molecular weight is 505 g/mol. The first-order valence-electron chi connectivity index (χ1n) is 11.9. The van der Waals surface area contributed by atoms with Crippen molar-refractivity contribution in [1.82, 2.24) is 0 Å². The summed E-state index contributed by atoms with van der Waals surface area (Å²) in [5.41, 5.74) is 1.20. The summed E-state index contributed by atoms with van der Waals surface area (Å²) in [6, 6.07) is 21.2. The van der Waals surface area contributed by atoms with Gasteiger partial charge in [-0.25, -0.2) is 0 Å². The highest BCUT2D eigenvalue weighted by Crippen LogP contribution is 2.33. The van der Waals surface area contributed by atoms with Gasteiger partial charge in [-0.15, -0.1) is 0 Å². The van der Waals surface area contributed by atoms with Gasteiger partial charge in [-0.05, 0) is 67.6 Å². The predicted molar refractivity (Wildman–Crippen MR) is 137 cm³/mol. The minimum Gasteiger partial charge on any atom is -0.494 e. The molecule has 0 aliphatic carbocycles. The lowest BCUT2D eigenvalue weighted by Gasteiger charge is -2.17. The normalized spacial score (nSPS) is 14.7. The quantitative estimate of drug-likeness (QED) is 0.408. The lowest BCUT2D eigenvalue weighted by atomic mass is 10.1. The lowest BCUT2D eigenvalue weighted by Crippen LogP contribution is -2.28. The van der Waals surface area contributed by atoms with Gasteiger partial charge in [-0.2, -0.15) is 0 Å². The van der Waals surface area contributed by atoms with E-state index in [2.05, 4.69) is 5.32 Å². The van der Waals surface area contributed by atoms with Crippen molar-refractivity contribution in [3.05, 3.63) is 72.8 Å². The van der Waals surface area contributed by atoms with Gasteiger partial charge in [0.2, 0.25) is 5.91 Å². The molecule has 1 heterocycles. The van der Waals surface area contributed by atoms with Crippen molar-refractivity contribution < 1.29 is 33.3 Å². The Hall–Kier alpha value is -4.53. The number of anilines is 2. The fraction of sp³-hybridized carbons (Fsp3) is 0.250. The van der Waals surface area contributed by atoms with Crippen LogP contribution in [-0.4, -0.2) is 44.7 Å². The summed E-state index contributed by atoms with van der Waals surface area (Å²) < 4.78 is 21.7. The molecule has 0 aromatic heterocycles. The Bertz CT molecular complexity index is 1240. The van der Waals surface area contributed by atoms with Gasteiger partial charge in [0, 0.05) is 24.3 Å². The number of benzene rings is 3. The molecule has 0 bridgehead atoms. The summed E-state index contributed by atoms with van der Waals surface area (Å²) in [6.45, 7) is 2.17. The van der Waals surface area contributed by atoms with E-state index in [-0.39, 0.29) is 18.9 Å². The molecule has 1 aliphatic rings. The van der Waals surface area contributed by atoms with E-state index in [1.54, 1.807) is 67.8 Å². The van der Waals surface area contributed by atoms with E-state index in [1.807, 2.05) is 19.1 Å². The number of ether oxygens (including phenoxy) is 4. The number of amides is 2. The maximum atomic E-state index is 12.6. The van der Waals surface area contributed by atoms with Gasteiger partial charge in [0.05, 0.1) is 19.6 Å². The minimum absolute atomic E-state index is 0.0127. The number of nitrogens with one attached hydrogen (secondary N) is 1. The number of carbonyl (C=O) groups is 3. The summed E-state index contributed by atoms with van der Waals surface area (Å²) in [4.78, 5) is 38.8. The molecule has 9 nitrogen and oxygen atoms in total. The molecule has 1 N–H and O–H groups in total. The molecule has 3 aromatic rings. The third-order valence-corrected chi connectivity index (χ3v) is 5.70. The van der Waals surface area contributed by atoms with Crippen LogP contribution in [0, 0.1) is 5.92 Å². The van der Waals surface area contributed by atoms with Crippen molar-refractivity contribution in [3.63, 3.8) is 0 Å². The van der Waals surface area contributed by atoms with E-state index in [0.717, 1.165) is 0 Å². The number of para-hydroxylation sites is 2. The van der Waals surface area contributed by atoms with Crippen LogP contribution >= 0.6 is 0 Å². The largest absolute Gasteiger partial charge is 0.494 e. The number of esters is 1. The van der Waals surface area contributed by atoms with Gasteiger partial charge < -0.3 is 29.2 Å². The molecule has 37 heavy (non-hydrogen) atoms. The molecule has 9 heteroatoms. The van der Waals surface area contributed by atoms with Gasteiger partial charge in [0.25, 0.3) is 5.91 Å². The molecule has 1 saturated heterocycles. The van der Waals surface area contributed by atoms with E-state index in [1.165, 1.54) is 4.90 Å². The second-order valence-corrected chi connectivity index (χ2v) is 8.27. The van der Waals surface area contributed by atoms with Crippen LogP contribution in [0.4, 0.5) is 11.4 Å². The highest BCUT2D eigenvalue weighted by atomic mass is 16.5. The Morgan fingerprint density at radius 1 is 0.946 bits per heavy atom. The second kappa shape index (κ2) is 11.9. The molecule has 3 aromatic carbocycles. The van der Waals surface area contributed by atoms with E-state index in [9.17, 15) is 14.4 Å². The first-order chi connectivity index (χ1) is 18.0. The molecule has 1 aliphatic heterocycles. The number of rotatable bonds is 10. The van der Waals surface area contributed by atoms with Crippen LogP contribution in [0.3, 0.4) is 0 Å². The van der Waals surface area contributed by atoms with Crippen LogP contribution < -0.4 is 24.4 Å². The number of carbonyl (C=O) groups excluding carboxylic acids is 3. The molecule has 2 amide bonds.